The number of ether oxygens (including phenoxy) is 1. The number of rotatable bonds is 4. The number of anilines is 2. The molecule has 0 amide bonds. The van der Waals surface area contributed by atoms with Crippen LogP contribution < -0.4 is 10.2 Å². The third kappa shape index (κ3) is 2.87. The number of methoxy groups -OCH3 is 1. The van der Waals surface area contributed by atoms with Crippen LogP contribution in [-0.4, -0.2) is 42.8 Å². The molecule has 0 aliphatic carbocycles. The zero-order chi connectivity index (χ0) is 12.3. The monoisotopic (exact) mass is 300 g/mol. The molecule has 1 aliphatic heterocycles. The number of hydrogen-bond donors (Lipinski definition) is 1. The van der Waals surface area contributed by atoms with Gasteiger partial charge in [-0.25, -0.2) is 4.98 Å². The summed E-state index contributed by atoms with van der Waals surface area (Å²) in [6, 6.07) is 0. The average Bonchev–Trinajstić information content (AvgIpc) is 2.80. The SMILES string of the molecule is CCNc1ncc(Br)c(N2CCC(OC)C2)n1. The lowest BCUT2D eigenvalue weighted by Gasteiger charge is -2.19. The zero-order valence-electron chi connectivity index (χ0n) is 10.1. The van der Waals surface area contributed by atoms with E-state index >= 15 is 0 Å². The molecule has 0 spiro atoms. The predicted molar refractivity (Wildman–Crippen MR) is 71.5 cm³/mol. The van der Waals surface area contributed by atoms with Gasteiger partial charge in [0.1, 0.15) is 5.82 Å². The van der Waals surface area contributed by atoms with Gasteiger partial charge in [-0.15, -0.1) is 0 Å². The van der Waals surface area contributed by atoms with E-state index in [4.69, 9.17) is 4.74 Å². The highest BCUT2D eigenvalue weighted by Gasteiger charge is 2.24. The Labute approximate surface area is 110 Å². The molecule has 6 heteroatoms. The fourth-order valence-corrected chi connectivity index (χ4v) is 2.38. The molecule has 1 fully saturated rings. The molecule has 1 N–H and O–H groups in total. The fourth-order valence-electron chi connectivity index (χ4n) is 1.94. The van der Waals surface area contributed by atoms with Gasteiger partial charge in [0, 0.05) is 32.9 Å². The molecule has 1 atom stereocenters. The number of halogens is 1. The Morgan fingerprint density at radius 3 is 3.12 bits per heavy atom. The molecular formula is C11H17BrN4O. The zero-order valence-corrected chi connectivity index (χ0v) is 11.7. The number of hydrogen-bond acceptors (Lipinski definition) is 5. The van der Waals surface area contributed by atoms with Crippen molar-refractivity contribution in [2.75, 3.05) is 37.0 Å². The van der Waals surface area contributed by atoms with Gasteiger partial charge >= 0.3 is 0 Å². The van der Waals surface area contributed by atoms with E-state index in [2.05, 4.69) is 36.1 Å². The molecular weight excluding hydrogens is 284 g/mol. The standard InChI is InChI=1S/C11H17BrN4O/c1-3-13-11-14-6-9(12)10(15-11)16-5-4-8(7-16)17-2/h6,8H,3-5,7H2,1-2H3,(H,13,14,15). The number of nitrogens with one attached hydrogen (secondary N) is 1. The Morgan fingerprint density at radius 1 is 1.65 bits per heavy atom. The van der Waals surface area contributed by atoms with Crippen LogP contribution in [0.4, 0.5) is 11.8 Å². The summed E-state index contributed by atoms with van der Waals surface area (Å²) in [6.07, 6.45) is 3.14. The maximum Gasteiger partial charge on any atom is 0.224 e. The van der Waals surface area contributed by atoms with E-state index in [0.29, 0.717) is 12.1 Å². The second-order valence-corrected chi connectivity index (χ2v) is 4.84. The van der Waals surface area contributed by atoms with Crippen LogP contribution in [0, 0.1) is 0 Å². The summed E-state index contributed by atoms with van der Waals surface area (Å²) < 4.78 is 6.29. The molecule has 1 aromatic rings. The van der Waals surface area contributed by atoms with E-state index < -0.39 is 0 Å². The summed E-state index contributed by atoms with van der Waals surface area (Å²) in [5.41, 5.74) is 0. The van der Waals surface area contributed by atoms with Gasteiger partial charge in [-0.3, -0.25) is 0 Å². The summed E-state index contributed by atoms with van der Waals surface area (Å²) in [5.74, 6) is 1.61. The molecule has 0 aromatic carbocycles. The third-order valence-electron chi connectivity index (χ3n) is 2.84. The third-order valence-corrected chi connectivity index (χ3v) is 3.40. The predicted octanol–water partition coefficient (Wildman–Crippen LogP) is 1.90. The minimum Gasteiger partial charge on any atom is -0.380 e. The van der Waals surface area contributed by atoms with Crippen molar-refractivity contribution in [1.82, 2.24) is 9.97 Å². The van der Waals surface area contributed by atoms with Gasteiger partial charge in [-0.05, 0) is 29.3 Å². The van der Waals surface area contributed by atoms with Crippen LogP contribution in [0.2, 0.25) is 0 Å². The smallest absolute Gasteiger partial charge is 0.224 e. The van der Waals surface area contributed by atoms with Crippen molar-refractivity contribution < 1.29 is 4.74 Å². The van der Waals surface area contributed by atoms with Gasteiger partial charge < -0.3 is 15.0 Å². The molecule has 0 bridgehead atoms. The summed E-state index contributed by atoms with van der Waals surface area (Å²) in [7, 11) is 1.76. The molecule has 94 valence electrons. The lowest BCUT2D eigenvalue weighted by molar-refractivity contribution is 0.121. The molecule has 0 radical (unpaired) electrons. The molecule has 2 rings (SSSR count). The van der Waals surface area contributed by atoms with Crippen molar-refractivity contribution in [2.24, 2.45) is 0 Å². The first-order valence-electron chi connectivity index (χ1n) is 5.78. The van der Waals surface area contributed by atoms with Gasteiger partial charge in [0.25, 0.3) is 0 Å². The lowest BCUT2D eigenvalue weighted by atomic mass is 10.3. The van der Waals surface area contributed by atoms with E-state index in [1.54, 1.807) is 13.3 Å². The van der Waals surface area contributed by atoms with Crippen LogP contribution in [0.5, 0.6) is 0 Å². The Balaban J connectivity index is 2.16. The van der Waals surface area contributed by atoms with E-state index in [-0.39, 0.29) is 0 Å². The van der Waals surface area contributed by atoms with Gasteiger partial charge in [-0.2, -0.15) is 4.98 Å². The summed E-state index contributed by atoms with van der Waals surface area (Å²) >= 11 is 3.50. The van der Waals surface area contributed by atoms with Gasteiger partial charge in [0.2, 0.25) is 5.95 Å². The largest absolute Gasteiger partial charge is 0.380 e. The fraction of sp³-hybridized carbons (Fsp3) is 0.636. The van der Waals surface area contributed by atoms with Crippen LogP contribution in [0.15, 0.2) is 10.7 Å². The highest BCUT2D eigenvalue weighted by molar-refractivity contribution is 9.10. The van der Waals surface area contributed by atoms with E-state index in [1.807, 2.05) is 6.92 Å². The highest BCUT2D eigenvalue weighted by atomic mass is 79.9. The van der Waals surface area contributed by atoms with E-state index in [1.165, 1.54) is 0 Å². The van der Waals surface area contributed by atoms with Gasteiger partial charge in [0.05, 0.1) is 10.6 Å². The van der Waals surface area contributed by atoms with Crippen LogP contribution >= 0.6 is 15.9 Å². The van der Waals surface area contributed by atoms with Crippen LogP contribution in [-0.2, 0) is 4.74 Å². The maximum atomic E-state index is 5.36. The van der Waals surface area contributed by atoms with Gasteiger partial charge in [0.15, 0.2) is 0 Å². The Morgan fingerprint density at radius 2 is 2.47 bits per heavy atom. The first-order chi connectivity index (χ1) is 8.24. The van der Waals surface area contributed by atoms with Gasteiger partial charge in [-0.1, -0.05) is 0 Å². The molecule has 17 heavy (non-hydrogen) atoms. The first kappa shape index (κ1) is 12.6. The Hall–Kier alpha value is -0.880. The van der Waals surface area contributed by atoms with Crippen LogP contribution in [0.25, 0.3) is 0 Å². The quantitative estimate of drug-likeness (QED) is 0.920. The van der Waals surface area contributed by atoms with Crippen molar-refractivity contribution in [1.29, 1.82) is 0 Å². The highest BCUT2D eigenvalue weighted by Crippen LogP contribution is 2.27. The van der Waals surface area contributed by atoms with Crippen LogP contribution in [0.1, 0.15) is 13.3 Å². The number of nitrogens with zero attached hydrogens (tertiary/aromatic N) is 3. The van der Waals surface area contributed by atoms with Crippen molar-refractivity contribution in [2.45, 2.75) is 19.4 Å². The molecule has 1 aromatic heterocycles. The van der Waals surface area contributed by atoms with Crippen molar-refractivity contribution in [3.63, 3.8) is 0 Å². The molecule has 2 heterocycles. The summed E-state index contributed by atoms with van der Waals surface area (Å²) in [5, 5.41) is 3.12. The van der Waals surface area contributed by atoms with Crippen molar-refractivity contribution >= 4 is 27.7 Å². The minimum absolute atomic E-state index is 0.305. The molecule has 0 saturated carbocycles. The summed E-state index contributed by atoms with van der Waals surface area (Å²) in [4.78, 5) is 10.9. The minimum atomic E-state index is 0.305. The molecule has 1 aliphatic rings. The first-order valence-corrected chi connectivity index (χ1v) is 6.58. The topological polar surface area (TPSA) is 50.3 Å². The van der Waals surface area contributed by atoms with Crippen molar-refractivity contribution in [3.8, 4) is 0 Å². The molecule has 1 unspecified atom stereocenters. The summed E-state index contributed by atoms with van der Waals surface area (Å²) in [6.45, 7) is 4.71. The van der Waals surface area contributed by atoms with Crippen molar-refractivity contribution in [3.05, 3.63) is 10.7 Å². The Kier molecular flexibility index (Phi) is 4.17. The lowest BCUT2D eigenvalue weighted by Crippen LogP contribution is -2.24. The molecule has 1 saturated heterocycles. The van der Waals surface area contributed by atoms with E-state index in [0.717, 1.165) is 36.3 Å². The normalized spacial score (nSPS) is 19.7. The molecule has 5 nitrogen and oxygen atoms in total. The number of aromatic nitrogens is 2. The maximum absolute atomic E-state index is 5.36. The van der Waals surface area contributed by atoms with E-state index in [9.17, 15) is 0 Å². The average molecular weight is 301 g/mol. The second kappa shape index (κ2) is 5.64. The Bertz CT molecular complexity index is 388. The second-order valence-electron chi connectivity index (χ2n) is 3.99. The van der Waals surface area contributed by atoms with Crippen LogP contribution in [0.3, 0.4) is 0 Å².